The largest absolute Gasteiger partial charge is 0.488 e. The van der Waals surface area contributed by atoms with E-state index >= 15 is 0 Å². The van der Waals surface area contributed by atoms with E-state index in [0.717, 1.165) is 27.8 Å². The number of hydrogen-bond donors (Lipinski definition) is 1. The Balaban J connectivity index is 1.88. The summed E-state index contributed by atoms with van der Waals surface area (Å²) in [7, 11) is 0. The molecule has 146 valence electrons. The summed E-state index contributed by atoms with van der Waals surface area (Å²) in [5, 5.41) is 1.08. The second-order valence-corrected chi connectivity index (χ2v) is 7.87. The molecule has 1 atom stereocenters. The number of amides is 1. The predicted molar refractivity (Wildman–Crippen MR) is 110 cm³/mol. The van der Waals surface area contributed by atoms with Crippen molar-refractivity contribution in [2.45, 2.75) is 45.8 Å². The van der Waals surface area contributed by atoms with E-state index in [1.165, 1.54) is 0 Å². The van der Waals surface area contributed by atoms with Crippen LogP contribution in [0.15, 0.2) is 54.6 Å². The second kappa shape index (κ2) is 7.89. The van der Waals surface area contributed by atoms with Crippen LogP contribution in [0.3, 0.4) is 0 Å². The SMILES string of the molecule is Cc1cc(C(Cc2ccc(OC(C)(C)C)cc2)OC(N)=O)nc2ccccc12. The van der Waals surface area contributed by atoms with E-state index in [2.05, 4.69) is 0 Å². The summed E-state index contributed by atoms with van der Waals surface area (Å²) in [6.45, 7) is 8.04. The van der Waals surface area contributed by atoms with Gasteiger partial charge in [-0.3, -0.25) is 0 Å². The lowest BCUT2D eigenvalue weighted by molar-refractivity contribution is 0.104. The fourth-order valence-electron chi connectivity index (χ4n) is 3.15. The fraction of sp³-hybridized carbons (Fsp3) is 0.304. The minimum Gasteiger partial charge on any atom is -0.488 e. The molecule has 0 bridgehead atoms. The number of benzene rings is 2. The molecule has 3 rings (SSSR count). The van der Waals surface area contributed by atoms with Crippen LogP contribution in [0.2, 0.25) is 0 Å². The third-order valence-corrected chi connectivity index (χ3v) is 4.30. The van der Waals surface area contributed by atoms with Gasteiger partial charge >= 0.3 is 6.09 Å². The molecular formula is C23H26N2O3. The first-order chi connectivity index (χ1) is 13.2. The third kappa shape index (κ3) is 5.00. The zero-order valence-electron chi connectivity index (χ0n) is 16.7. The molecule has 2 N–H and O–H groups in total. The standard InChI is InChI=1S/C23H26N2O3/c1-15-13-20(25-19-8-6-5-7-18(15)19)21(27-22(24)26)14-16-9-11-17(12-10-16)28-23(2,3)4/h5-13,21H,14H2,1-4H3,(H2,24,26). The molecule has 0 saturated heterocycles. The molecule has 0 aliphatic rings. The van der Waals surface area contributed by atoms with Gasteiger partial charge in [0.2, 0.25) is 0 Å². The van der Waals surface area contributed by atoms with Gasteiger partial charge in [-0.15, -0.1) is 0 Å². The van der Waals surface area contributed by atoms with Crippen LogP contribution in [-0.4, -0.2) is 16.7 Å². The summed E-state index contributed by atoms with van der Waals surface area (Å²) >= 11 is 0. The number of rotatable bonds is 5. The van der Waals surface area contributed by atoms with Crippen LogP contribution in [0.4, 0.5) is 4.79 Å². The topological polar surface area (TPSA) is 74.4 Å². The van der Waals surface area contributed by atoms with E-state index in [4.69, 9.17) is 20.2 Å². The lowest BCUT2D eigenvalue weighted by Gasteiger charge is -2.22. The maximum absolute atomic E-state index is 11.5. The molecule has 1 heterocycles. The van der Waals surface area contributed by atoms with Crippen molar-refractivity contribution in [1.29, 1.82) is 0 Å². The number of nitrogens with zero attached hydrogens (tertiary/aromatic N) is 1. The van der Waals surface area contributed by atoms with Crippen molar-refractivity contribution in [3.8, 4) is 5.75 Å². The summed E-state index contributed by atoms with van der Waals surface area (Å²) in [5.41, 5.74) is 8.69. The van der Waals surface area contributed by atoms with Gasteiger partial charge in [0.05, 0.1) is 11.2 Å². The van der Waals surface area contributed by atoms with Crippen LogP contribution in [0.5, 0.6) is 5.75 Å². The number of fused-ring (bicyclic) bond motifs is 1. The zero-order chi connectivity index (χ0) is 20.3. The molecule has 1 amide bonds. The van der Waals surface area contributed by atoms with Gasteiger partial charge in [0.1, 0.15) is 17.5 Å². The highest BCUT2D eigenvalue weighted by atomic mass is 16.6. The van der Waals surface area contributed by atoms with Crippen molar-refractivity contribution < 1.29 is 14.3 Å². The Morgan fingerprint density at radius 2 is 1.79 bits per heavy atom. The highest BCUT2D eigenvalue weighted by molar-refractivity contribution is 5.82. The fourth-order valence-corrected chi connectivity index (χ4v) is 3.15. The Hall–Kier alpha value is -3.08. The number of aryl methyl sites for hydroxylation is 1. The summed E-state index contributed by atoms with van der Waals surface area (Å²) in [6.07, 6.45) is -0.899. The summed E-state index contributed by atoms with van der Waals surface area (Å²) < 4.78 is 11.3. The van der Waals surface area contributed by atoms with Crippen molar-refractivity contribution in [2.24, 2.45) is 5.73 Å². The van der Waals surface area contributed by atoms with Gasteiger partial charge in [0.15, 0.2) is 0 Å². The van der Waals surface area contributed by atoms with E-state index in [0.29, 0.717) is 12.1 Å². The van der Waals surface area contributed by atoms with Crippen molar-refractivity contribution in [3.63, 3.8) is 0 Å². The van der Waals surface area contributed by atoms with Gasteiger partial charge in [-0.25, -0.2) is 9.78 Å². The molecule has 0 radical (unpaired) electrons. The van der Waals surface area contributed by atoms with Gasteiger partial charge in [0, 0.05) is 11.8 Å². The molecule has 1 aromatic heterocycles. The minimum absolute atomic E-state index is 0.258. The lowest BCUT2D eigenvalue weighted by atomic mass is 10.0. The maximum atomic E-state index is 11.5. The molecule has 0 aliphatic carbocycles. The molecule has 28 heavy (non-hydrogen) atoms. The second-order valence-electron chi connectivity index (χ2n) is 7.87. The Morgan fingerprint density at radius 3 is 2.43 bits per heavy atom. The first kappa shape index (κ1) is 19.7. The highest BCUT2D eigenvalue weighted by Crippen LogP contribution is 2.27. The average Bonchev–Trinajstić information content (AvgIpc) is 2.61. The highest BCUT2D eigenvalue weighted by Gasteiger charge is 2.19. The molecule has 1 unspecified atom stereocenters. The number of hydrogen-bond acceptors (Lipinski definition) is 4. The number of para-hydroxylation sites is 1. The van der Waals surface area contributed by atoms with Gasteiger partial charge < -0.3 is 15.2 Å². The van der Waals surface area contributed by atoms with Crippen LogP contribution >= 0.6 is 0 Å². The molecule has 0 spiro atoms. The molecule has 5 nitrogen and oxygen atoms in total. The summed E-state index contributed by atoms with van der Waals surface area (Å²) in [6, 6.07) is 17.6. The van der Waals surface area contributed by atoms with Crippen LogP contribution in [0.1, 0.15) is 43.7 Å². The monoisotopic (exact) mass is 378 g/mol. The number of carbonyl (C=O) groups is 1. The zero-order valence-corrected chi connectivity index (χ0v) is 16.7. The molecule has 2 aromatic carbocycles. The van der Waals surface area contributed by atoms with Gasteiger partial charge in [-0.05, 0) is 63.1 Å². The van der Waals surface area contributed by atoms with Crippen LogP contribution < -0.4 is 10.5 Å². The summed E-state index contributed by atoms with van der Waals surface area (Å²) in [5.74, 6) is 0.795. The number of carbonyl (C=O) groups excluding carboxylic acids is 1. The van der Waals surface area contributed by atoms with Crippen molar-refractivity contribution in [2.75, 3.05) is 0 Å². The van der Waals surface area contributed by atoms with Crippen LogP contribution in [0, 0.1) is 6.92 Å². The molecule has 0 aliphatic heterocycles. The molecule has 0 saturated carbocycles. The Labute approximate surface area is 165 Å². The average molecular weight is 378 g/mol. The third-order valence-electron chi connectivity index (χ3n) is 4.30. The Bertz CT molecular complexity index is 975. The van der Waals surface area contributed by atoms with E-state index < -0.39 is 12.2 Å². The molecule has 0 fully saturated rings. The van der Waals surface area contributed by atoms with Gasteiger partial charge in [-0.1, -0.05) is 30.3 Å². The normalized spacial score (nSPS) is 12.6. The first-order valence-electron chi connectivity index (χ1n) is 9.31. The first-order valence-corrected chi connectivity index (χ1v) is 9.31. The van der Waals surface area contributed by atoms with Crippen molar-refractivity contribution in [1.82, 2.24) is 4.98 Å². The molecule has 3 aromatic rings. The number of ether oxygens (including phenoxy) is 2. The van der Waals surface area contributed by atoms with E-state index in [9.17, 15) is 4.79 Å². The Kier molecular flexibility index (Phi) is 5.54. The number of primary amides is 1. The lowest BCUT2D eigenvalue weighted by Crippen LogP contribution is -2.23. The maximum Gasteiger partial charge on any atom is 0.405 e. The van der Waals surface area contributed by atoms with E-state index in [1.807, 2.05) is 82.3 Å². The van der Waals surface area contributed by atoms with Crippen molar-refractivity contribution in [3.05, 3.63) is 71.4 Å². The quantitative estimate of drug-likeness (QED) is 0.670. The summed E-state index contributed by atoms with van der Waals surface area (Å²) in [4.78, 5) is 16.2. The van der Waals surface area contributed by atoms with E-state index in [1.54, 1.807) is 0 Å². The number of aromatic nitrogens is 1. The van der Waals surface area contributed by atoms with Crippen LogP contribution in [-0.2, 0) is 11.2 Å². The van der Waals surface area contributed by atoms with E-state index in [-0.39, 0.29) is 5.60 Å². The smallest absolute Gasteiger partial charge is 0.405 e. The number of nitrogens with two attached hydrogens (primary N) is 1. The minimum atomic E-state index is -0.815. The predicted octanol–water partition coefficient (Wildman–Crippen LogP) is 5.10. The van der Waals surface area contributed by atoms with Crippen LogP contribution in [0.25, 0.3) is 10.9 Å². The van der Waals surface area contributed by atoms with Crippen molar-refractivity contribution >= 4 is 17.0 Å². The number of pyridine rings is 1. The Morgan fingerprint density at radius 1 is 1.11 bits per heavy atom. The van der Waals surface area contributed by atoms with Gasteiger partial charge in [0.25, 0.3) is 0 Å². The molecular weight excluding hydrogens is 352 g/mol. The van der Waals surface area contributed by atoms with Gasteiger partial charge in [-0.2, -0.15) is 0 Å². The molecule has 5 heteroatoms.